The second-order valence-corrected chi connectivity index (χ2v) is 4.64. The Balaban J connectivity index is 1.86. The van der Waals surface area contributed by atoms with Crippen LogP contribution in [0.2, 0.25) is 0 Å². The van der Waals surface area contributed by atoms with Crippen LogP contribution >= 0.6 is 0 Å². The van der Waals surface area contributed by atoms with Gasteiger partial charge in [0.25, 0.3) is 0 Å². The van der Waals surface area contributed by atoms with Crippen molar-refractivity contribution < 1.29 is 9.47 Å². The number of nitrogens with zero attached hydrogens (tertiary/aromatic N) is 5. The standard InChI is InChI=1S/C12H13N5O2/c1-2-4-16(3-1)9-5-11-12(19-8-18-11)6-10(9)17-7-13-14-15-17/h5-7H,1-4,8H2. The normalized spacial score (nSPS) is 17.2. The Morgan fingerprint density at radius 3 is 2.42 bits per heavy atom. The van der Waals surface area contributed by atoms with Crippen molar-refractivity contribution in [1.82, 2.24) is 20.2 Å². The lowest BCUT2D eigenvalue weighted by Gasteiger charge is -2.21. The molecule has 0 amide bonds. The first-order chi connectivity index (χ1) is 9.42. The second-order valence-electron chi connectivity index (χ2n) is 4.64. The predicted molar refractivity (Wildman–Crippen MR) is 66.7 cm³/mol. The Labute approximate surface area is 109 Å². The smallest absolute Gasteiger partial charge is 0.231 e. The molecule has 0 radical (unpaired) electrons. The van der Waals surface area contributed by atoms with E-state index >= 15 is 0 Å². The van der Waals surface area contributed by atoms with Crippen molar-refractivity contribution in [2.45, 2.75) is 12.8 Å². The SMILES string of the molecule is c1c2c(cc(-n3cnnn3)c1N1CCCC1)OCO2. The minimum absolute atomic E-state index is 0.272. The zero-order valence-corrected chi connectivity index (χ0v) is 10.3. The molecule has 0 aliphatic carbocycles. The van der Waals surface area contributed by atoms with Crippen LogP contribution in [0.4, 0.5) is 5.69 Å². The lowest BCUT2D eigenvalue weighted by Crippen LogP contribution is -2.19. The summed E-state index contributed by atoms with van der Waals surface area (Å²) in [6.07, 6.45) is 4.02. The summed E-state index contributed by atoms with van der Waals surface area (Å²) in [7, 11) is 0. The van der Waals surface area contributed by atoms with Crippen molar-refractivity contribution >= 4 is 5.69 Å². The summed E-state index contributed by atoms with van der Waals surface area (Å²) in [5, 5.41) is 11.4. The fraction of sp³-hybridized carbons (Fsp3) is 0.417. The topological polar surface area (TPSA) is 65.3 Å². The van der Waals surface area contributed by atoms with Gasteiger partial charge in [0.2, 0.25) is 6.79 Å². The van der Waals surface area contributed by atoms with Crippen LogP contribution in [0.25, 0.3) is 5.69 Å². The zero-order valence-electron chi connectivity index (χ0n) is 10.3. The predicted octanol–water partition coefficient (Wildman–Crippen LogP) is 0.991. The van der Waals surface area contributed by atoms with E-state index in [1.54, 1.807) is 11.0 Å². The second kappa shape index (κ2) is 4.11. The van der Waals surface area contributed by atoms with E-state index in [0.717, 1.165) is 36.0 Å². The van der Waals surface area contributed by atoms with E-state index in [9.17, 15) is 0 Å². The first kappa shape index (κ1) is 10.6. The molecule has 98 valence electrons. The molecule has 7 heteroatoms. The van der Waals surface area contributed by atoms with Crippen LogP contribution in [0.5, 0.6) is 11.5 Å². The van der Waals surface area contributed by atoms with Crippen molar-refractivity contribution in [2.24, 2.45) is 0 Å². The van der Waals surface area contributed by atoms with Gasteiger partial charge in [0, 0.05) is 25.2 Å². The zero-order chi connectivity index (χ0) is 12.7. The van der Waals surface area contributed by atoms with Gasteiger partial charge in [0.15, 0.2) is 11.5 Å². The minimum Gasteiger partial charge on any atom is -0.454 e. The molecule has 2 aromatic rings. The Hall–Kier alpha value is -2.31. The highest BCUT2D eigenvalue weighted by Crippen LogP contribution is 2.40. The Bertz CT molecular complexity index is 592. The van der Waals surface area contributed by atoms with Crippen LogP contribution in [0.15, 0.2) is 18.5 Å². The van der Waals surface area contributed by atoms with Gasteiger partial charge in [-0.1, -0.05) is 0 Å². The molecule has 0 bridgehead atoms. The Kier molecular flexibility index (Phi) is 2.29. The third-order valence-corrected chi connectivity index (χ3v) is 3.51. The maximum atomic E-state index is 5.46. The van der Waals surface area contributed by atoms with E-state index in [-0.39, 0.29) is 6.79 Å². The third kappa shape index (κ3) is 1.69. The molecule has 1 aromatic carbocycles. The third-order valence-electron chi connectivity index (χ3n) is 3.51. The summed E-state index contributed by atoms with van der Waals surface area (Å²) < 4.78 is 12.6. The van der Waals surface area contributed by atoms with Crippen molar-refractivity contribution in [1.29, 1.82) is 0 Å². The van der Waals surface area contributed by atoms with Gasteiger partial charge in [-0.2, -0.15) is 4.68 Å². The van der Waals surface area contributed by atoms with Gasteiger partial charge in [-0.3, -0.25) is 0 Å². The molecule has 1 saturated heterocycles. The number of rotatable bonds is 2. The number of aromatic nitrogens is 4. The van der Waals surface area contributed by atoms with Crippen molar-refractivity contribution in [3.8, 4) is 17.2 Å². The fourth-order valence-corrected chi connectivity index (χ4v) is 2.59. The lowest BCUT2D eigenvalue weighted by molar-refractivity contribution is 0.174. The van der Waals surface area contributed by atoms with Gasteiger partial charge >= 0.3 is 0 Å². The molecular formula is C12H13N5O2. The minimum atomic E-state index is 0.272. The molecule has 2 aliphatic rings. The number of hydrogen-bond acceptors (Lipinski definition) is 6. The van der Waals surface area contributed by atoms with Gasteiger partial charge in [0.05, 0.1) is 11.4 Å². The van der Waals surface area contributed by atoms with Crippen molar-refractivity contribution in [3.05, 3.63) is 18.5 Å². The number of ether oxygens (including phenoxy) is 2. The van der Waals surface area contributed by atoms with Gasteiger partial charge < -0.3 is 14.4 Å². The average Bonchev–Trinajstić information content (AvgIpc) is 3.18. The largest absolute Gasteiger partial charge is 0.454 e. The van der Waals surface area contributed by atoms with Crippen LogP contribution in [0, 0.1) is 0 Å². The summed E-state index contributed by atoms with van der Waals surface area (Å²) in [4.78, 5) is 2.33. The highest BCUT2D eigenvalue weighted by molar-refractivity contribution is 5.69. The van der Waals surface area contributed by atoms with E-state index in [2.05, 4.69) is 20.4 Å². The molecule has 7 nitrogen and oxygen atoms in total. The molecule has 1 fully saturated rings. The van der Waals surface area contributed by atoms with E-state index in [4.69, 9.17) is 9.47 Å². The number of tetrazole rings is 1. The molecule has 2 aliphatic heterocycles. The number of anilines is 1. The summed E-state index contributed by atoms with van der Waals surface area (Å²) in [5.74, 6) is 1.53. The Morgan fingerprint density at radius 2 is 1.74 bits per heavy atom. The van der Waals surface area contributed by atoms with Crippen LogP contribution < -0.4 is 14.4 Å². The molecule has 0 N–H and O–H groups in total. The van der Waals surface area contributed by atoms with E-state index in [1.165, 1.54) is 12.8 Å². The highest BCUT2D eigenvalue weighted by atomic mass is 16.7. The highest BCUT2D eigenvalue weighted by Gasteiger charge is 2.23. The maximum Gasteiger partial charge on any atom is 0.231 e. The van der Waals surface area contributed by atoms with Crippen LogP contribution in [0.3, 0.4) is 0 Å². The molecule has 3 heterocycles. The van der Waals surface area contributed by atoms with E-state index in [0.29, 0.717) is 0 Å². The summed E-state index contributed by atoms with van der Waals surface area (Å²) >= 11 is 0. The van der Waals surface area contributed by atoms with Gasteiger partial charge in [0.1, 0.15) is 6.33 Å². The van der Waals surface area contributed by atoms with E-state index in [1.807, 2.05) is 12.1 Å². The van der Waals surface area contributed by atoms with Crippen molar-refractivity contribution in [2.75, 3.05) is 24.8 Å². The van der Waals surface area contributed by atoms with Crippen molar-refractivity contribution in [3.63, 3.8) is 0 Å². The van der Waals surface area contributed by atoms with Gasteiger partial charge in [-0.15, -0.1) is 5.10 Å². The van der Waals surface area contributed by atoms with E-state index < -0.39 is 0 Å². The molecule has 0 unspecified atom stereocenters. The monoisotopic (exact) mass is 259 g/mol. The first-order valence-corrected chi connectivity index (χ1v) is 6.34. The number of benzene rings is 1. The molecule has 1 aromatic heterocycles. The number of fused-ring (bicyclic) bond motifs is 1. The molecule has 0 saturated carbocycles. The molecule has 19 heavy (non-hydrogen) atoms. The summed E-state index contributed by atoms with van der Waals surface area (Å²) in [6.45, 7) is 2.37. The fourth-order valence-electron chi connectivity index (χ4n) is 2.59. The van der Waals surface area contributed by atoms with Crippen LogP contribution in [-0.2, 0) is 0 Å². The van der Waals surface area contributed by atoms with Gasteiger partial charge in [-0.25, -0.2) is 0 Å². The molecule has 0 spiro atoms. The Morgan fingerprint density at radius 1 is 1.00 bits per heavy atom. The maximum absolute atomic E-state index is 5.46. The molecular weight excluding hydrogens is 246 g/mol. The van der Waals surface area contributed by atoms with Crippen LogP contribution in [-0.4, -0.2) is 40.1 Å². The molecule has 4 rings (SSSR count). The van der Waals surface area contributed by atoms with Crippen LogP contribution in [0.1, 0.15) is 12.8 Å². The van der Waals surface area contributed by atoms with Gasteiger partial charge in [-0.05, 0) is 23.3 Å². The first-order valence-electron chi connectivity index (χ1n) is 6.34. The number of hydrogen-bond donors (Lipinski definition) is 0. The lowest BCUT2D eigenvalue weighted by atomic mass is 10.2. The summed E-state index contributed by atoms with van der Waals surface area (Å²) in [5.41, 5.74) is 2.02. The average molecular weight is 259 g/mol. The quantitative estimate of drug-likeness (QED) is 0.801. The summed E-state index contributed by atoms with van der Waals surface area (Å²) in [6, 6.07) is 3.96. The molecule has 0 atom stereocenters.